The van der Waals surface area contributed by atoms with Crippen LogP contribution in [0.1, 0.15) is 30.8 Å². The number of hydrogen-bond donors (Lipinski definition) is 3. The molecule has 5 nitrogen and oxygen atoms in total. The topological polar surface area (TPSA) is 74.3 Å². The minimum Gasteiger partial charge on any atom is -0.434 e. The zero-order valence-corrected chi connectivity index (χ0v) is 13.0. The predicted octanol–water partition coefficient (Wildman–Crippen LogP) is 2.91. The Hall–Kier alpha value is -2.15. The van der Waals surface area contributed by atoms with E-state index in [2.05, 4.69) is 15.0 Å². The third-order valence-corrected chi connectivity index (χ3v) is 3.58. The Morgan fingerprint density at radius 2 is 2.13 bits per heavy atom. The number of nitrogens with one attached hydrogen (secondary N) is 2. The Labute approximate surface area is 132 Å². The first-order chi connectivity index (χ1) is 10.9. The van der Waals surface area contributed by atoms with Crippen LogP contribution >= 0.6 is 0 Å². The lowest BCUT2D eigenvalue weighted by atomic mass is 10.0. The summed E-state index contributed by atoms with van der Waals surface area (Å²) in [7, 11) is 0. The van der Waals surface area contributed by atoms with Crippen molar-refractivity contribution in [3.05, 3.63) is 30.0 Å². The number of H-pyrrole nitrogens is 1. The number of aliphatic hydroxyl groups excluding tert-OH is 1. The normalized spacial score (nSPS) is 12.8. The zero-order valence-electron chi connectivity index (χ0n) is 13.0. The molecule has 23 heavy (non-hydrogen) atoms. The van der Waals surface area contributed by atoms with Gasteiger partial charge in [-0.25, -0.2) is 0 Å². The first-order valence-electron chi connectivity index (χ1n) is 7.41. The van der Waals surface area contributed by atoms with Gasteiger partial charge < -0.3 is 20.1 Å². The largest absolute Gasteiger partial charge is 0.434 e. The molecule has 0 aliphatic heterocycles. The standard InChI is InChI=1S/C16H20F2N2O3/c1-9(2)13(21)6-7-19-15(22)12-8-10-11(20-12)4-3-5-14(10)23-16(17)18/h3-5,8-9,13,16,20-21H,6-7H2,1-2H3,(H,19,22). The highest BCUT2D eigenvalue weighted by Crippen LogP contribution is 2.27. The Kier molecular flexibility index (Phi) is 5.54. The van der Waals surface area contributed by atoms with Crippen molar-refractivity contribution in [1.82, 2.24) is 10.3 Å². The van der Waals surface area contributed by atoms with Gasteiger partial charge in [0.2, 0.25) is 0 Å². The second-order valence-electron chi connectivity index (χ2n) is 5.63. The predicted molar refractivity (Wildman–Crippen MR) is 82.7 cm³/mol. The number of hydrogen-bond acceptors (Lipinski definition) is 3. The SMILES string of the molecule is CC(C)C(O)CCNC(=O)c1cc2c(OC(F)F)cccc2[nH]1. The van der Waals surface area contributed by atoms with Crippen molar-refractivity contribution in [3.63, 3.8) is 0 Å². The van der Waals surface area contributed by atoms with E-state index < -0.39 is 12.7 Å². The van der Waals surface area contributed by atoms with Gasteiger partial charge in [-0.15, -0.1) is 0 Å². The van der Waals surface area contributed by atoms with Crippen molar-refractivity contribution in [2.45, 2.75) is 33.0 Å². The fraction of sp³-hybridized carbons (Fsp3) is 0.438. The minimum absolute atomic E-state index is 0.0167. The number of amides is 1. The van der Waals surface area contributed by atoms with E-state index in [1.807, 2.05) is 13.8 Å². The number of halogens is 2. The van der Waals surface area contributed by atoms with Crippen LogP contribution in [0.5, 0.6) is 5.75 Å². The van der Waals surface area contributed by atoms with Crippen LogP contribution in [-0.4, -0.2) is 35.3 Å². The third kappa shape index (κ3) is 4.41. The molecule has 1 aromatic heterocycles. The Morgan fingerprint density at radius 3 is 2.78 bits per heavy atom. The molecule has 0 saturated carbocycles. The summed E-state index contributed by atoms with van der Waals surface area (Å²) < 4.78 is 29.2. The van der Waals surface area contributed by atoms with Gasteiger partial charge in [-0.1, -0.05) is 19.9 Å². The van der Waals surface area contributed by atoms with E-state index in [-0.39, 0.29) is 23.3 Å². The molecule has 0 fully saturated rings. The quantitative estimate of drug-likeness (QED) is 0.732. The molecule has 0 bridgehead atoms. The van der Waals surface area contributed by atoms with Gasteiger partial charge in [-0.3, -0.25) is 4.79 Å². The average molecular weight is 326 g/mol. The summed E-state index contributed by atoms with van der Waals surface area (Å²) in [4.78, 5) is 15.0. The van der Waals surface area contributed by atoms with Gasteiger partial charge in [0.15, 0.2) is 0 Å². The molecule has 1 atom stereocenters. The number of aliphatic hydroxyl groups is 1. The maximum Gasteiger partial charge on any atom is 0.387 e. The molecule has 1 aromatic carbocycles. The highest BCUT2D eigenvalue weighted by atomic mass is 19.3. The fourth-order valence-electron chi connectivity index (χ4n) is 2.21. The van der Waals surface area contributed by atoms with E-state index in [0.717, 1.165) is 0 Å². The summed E-state index contributed by atoms with van der Waals surface area (Å²) >= 11 is 0. The Morgan fingerprint density at radius 1 is 1.39 bits per heavy atom. The van der Waals surface area contributed by atoms with Crippen molar-refractivity contribution >= 4 is 16.8 Å². The minimum atomic E-state index is -2.93. The van der Waals surface area contributed by atoms with Gasteiger partial charge in [-0.05, 0) is 30.5 Å². The van der Waals surface area contributed by atoms with Crippen LogP contribution in [0, 0.1) is 5.92 Å². The molecule has 1 heterocycles. The van der Waals surface area contributed by atoms with Crippen LogP contribution in [0.25, 0.3) is 10.9 Å². The lowest BCUT2D eigenvalue weighted by molar-refractivity contribution is -0.0487. The van der Waals surface area contributed by atoms with Crippen molar-refractivity contribution < 1.29 is 23.4 Å². The van der Waals surface area contributed by atoms with Crippen LogP contribution in [0.3, 0.4) is 0 Å². The number of fused-ring (bicyclic) bond motifs is 1. The van der Waals surface area contributed by atoms with E-state index in [4.69, 9.17) is 0 Å². The molecular formula is C16H20F2N2O3. The highest BCUT2D eigenvalue weighted by Gasteiger charge is 2.15. The molecule has 0 saturated heterocycles. The molecule has 0 aliphatic carbocycles. The van der Waals surface area contributed by atoms with E-state index in [1.54, 1.807) is 12.1 Å². The van der Waals surface area contributed by atoms with Crippen LogP contribution < -0.4 is 10.1 Å². The number of benzene rings is 1. The van der Waals surface area contributed by atoms with Crippen LogP contribution in [0.15, 0.2) is 24.3 Å². The number of ether oxygens (including phenoxy) is 1. The van der Waals surface area contributed by atoms with Gasteiger partial charge in [-0.2, -0.15) is 8.78 Å². The number of alkyl halides is 2. The van der Waals surface area contributed by atoms with Gasteiger partial charge in [0, 0.05) is 17.4 Å². The van der Waals surface area contributed by atoms with Crippen molar-refractivity contribution in [1.29, 1.82) is 0 Å². The maximum absolute atomic E-state index is 12.4. The van der Waals surface area contributed by atoms with E-state index in [1.165, 1.54) is 12.1 Å². The third-order valence-electron chi connectivity index (χ3n) is 3.58. The van der Waals surface area contributed by atoms with Gasteiger partial charge in [0.1, 0.15) is 11.4 Å². The summed E-state index contributed by atoms with van der Waals surface area (Å²) in [6, 6.07) is 6.13. The first-order valence-corrected chi connectivity index (χ1v) is 7.41. The summed E-state index contributed by atoms with van der Waals surface area (Å²) in [6.45, 7) is 1.20. The first kappa shape index (κ1) is 17.2. The lowest BCUT2D eigenvalue weighted by Crippen LogP contribution is -2.28. The molecule has 2 rings (SSSR count). The number of aromatic nitrogens is 1. The molecule has 2 aromatic rings. The van der Waals surface area contributed by atoms with Gasteiger partial charge in [0.05, 0.1) is 6.10 Å². The van der Waals surface area contributed by atoms with Crippen LogP contribution in [0.4, 0.5) is 8.78 Å². The van der Waals surface area contributed by atoms with Gasteiger partial charge >= 0.3 is 6.61 Å². The van der Waals surface area contributed by atoms with Crippen molar-refractivity contribution in [3.8, 4) is 5.75 Å². The molecule has 0 spiro atoms. The smallest absolute Gasteiger partial charge is 0.387 e. The number of aromatic amines is 1. The summed E-state index contributed by atoms with van der Waals surface area (Å²) in [5.74, 6) is -0.225. The van der Waals surface area contributed by atoms with Gasteiger partial charge in [0.25, 0.3) is 5.91 Å². The fourth-order valence-corrected chi connectivity index (χ4v) is 2.21. The lowest BCUT2D eigenvalue weighted by Gasteiger charge is -2.14. The number of carbonyl (C=O) groups is 1. The molecule has 0 radical (unpaired) electrons. The molecule has 3 N–H and O–H groups in total. The summed E-state index contributed by atoms with van der Waals surface area (Å²) in [5, 5.41) is 12.8. The number of carbonyl (C=O) groups excluding carboxylic acids is 1. The summed E-state index contributed by atoms with van der Waals surface area (Å²) in [6.07, 6.45) is -0.0346. The molecular weight excluding hydrogens is 306 g/mol. The van der Waals surface area contributed by atoms with E-state index in [0.29, 0.717) is 23.9 Å². The Balaban J connectivity index is 2.06. The monoisotopic (exact) mass is 326 g/mol. The highest BCUT2D eigenvalue weighted by molar-refractivity contribution is 5.99. The summed E-state index contributed by atoms with van der Waals surface area (Å²) in [5.41, 5.74) is 0.792. The van der Waals surface area contributed by atoms with Crippen LogP contribution in [-0.2, 0) is 0 Å². The average Bonchev–Trinajstić information content (AvgIpc) is 2.91. The molecule has 0 aliphatic rings. The molecule has 1 amide bonds. The molecule has 7 heteroatoms. The van der Waals surface area contributed by atoms with E-state index in [9.17, 15) is 18.7 Å². The van der Waals surface area contributed by atoms with Crippen molar-refractivity contribution in [2.24, 2.45) is 5.92 Å². The molecule has 126 valence electrons. The second-order valence-corrected chi connectivity index (χ2v) is 5.63. The Bertz CT molecular complexity index is 670. The van der Waals surface area contributed by atoms with Crippen molar-refractivity contribution in [2.75, 3.05) is 6.54 Å². The van der Waals surface area contributed by atoms with E-state index >= 15 is 0 Å². The van der Waals surface area contributed by atoms with Crippen LogP contribution in [0.2, 0.25) is 0 Å². The molecule has 1 unspecified atom stereocenters. The zero-order chi connectivity index (χ0) is 17.0. The maximum atomic E-state index is 12.4. The second kappa shape index (κ2) is 7.41. The number of rotatable bonds is 7.